The first-order chi connectivity index (χ1) is 15.1. The Morgan fingerprint density at radius 2 is 1.65 bits per heavy atom. The highest BCUT2D eigenvalue weighted by atomic mass is 19.1. The molecule has 2 heterocycles. The molecule has 1 fully saturated rings. The Morgan fingerprint density at radius 1 is 0.903 bits per heavy atom. The summed E-state index contributed by atoms with van der Waals surface area (Å²) in [6.07, 6.45) is 5.96. The SMILES string of the molecule is C[C@@H](c1nnc(-c2ccc(F)cc2)o1)C1CCC(c2ccnc3ccc(F)cc23)CC1. The lowest BCUT2D eigenvalue weighted by Crippen LogP contribution is -2.18. The number of rotatable bonds is 4. The summed E-state index contributed by atoms with van der Waals surface area (Å²) in [5.41, 5.74) is 2.74. The van der Waals surface area contributed by atoms with Crippen molar-refractivity contribution in [1.82, 2.24) is 15.2 Å². The van der Waals surface area contributed by atoms with E-state index >= 15 is 0 Å². The second-order valence-electron chi connectivity index (χ2n) is 8.41. The summed E-state index contributed by atoms with van der Waals surface area (Å²) in [4.78, 5) is 4.38. The van der Waals surface area contributed by atoms with Crippen LogP contribution in [-0.2, 0) is 0 Å². The van der Waals surface area contributed by atoms with Crippen LogP contribution in [0, 0.1) is 17.6 Å². The van der Waals surface area contributed by atoms with Gasteiger partial charge in [0.05, 0.1) is 5.52 Å². The molecular weight excluding hydrogens is 396 g/mol. The van der Waals surface area contributed by atoms with E-state index < -0.39 is 0 Å². The van der Waals surface area contributed by atoms with E-state index in [1.807, 2.05) is 12.3 Å². The third kappa shape index (κ3) is 3.94. The van der Waals surface area contributed by atoms with Crippen molar-refractivity contribution in [2.45, 2.75) is 44.4 Å². The molecule has 31 heavy (non-hydrogen) atoms. The van der Waals surface area contributed by atoms with Gasteiger partial charge in [-0.15, -0.1) is 10.2 Å². The summed E-state index contributed by atoms with van der Waals surface area (Å²) in [6, 6.07) is 12.9. The third-order valence-electron chi connectivity index (χ3n) is 6.58. The lowest BCUT2D eigenvalue weighted by atomic mass is 9.74. The van der Waals surface area contributed by atoms with E-state index in [1.165, 1.54) is 23.8 Å². The van der Waals surface area contributed by atoms with Crippen molar-refractivity contribution in [3.8, 4) is 11.5 Å². The molecule has 0 amide bonds. The molecule has 1 saturated carbocycles. The van der Waals surface area contributed by atoms with Crippen LogP contribution in [0.25, 0.3) is 22.4 Å². The monoisotopic (exact) mass is 419 g/mol. The molecule has 4 aromatic rings. The Balaban J connectivity index is 1.29. The molecule has 0 N–H and O–H groups in total. The van der Waals surface area contributed by atoms with E-state index in [0.717, 1.165) is 36.6 Å². The number of fused-ring (bicyclic) bond motifs is 1. The van der Waals surface area contributed by atoms with Gasteiger partial charge in [-0.25, -0.2) is 8.78 Å². The van der Waals surface area contributed by atoms with Gasteiger partial charge in [0.2, 0.25) is 11.8 Å². The molecule has 1 aliphatic carbocycles. The second kappa shape index (κ2) is 8.17. The van der Waals surface area contributed by atoms with Crippen LogP contribution in [-0.4, -0.2) is 15.2 Å². The first-order valence-corrected chi connectivity index (χ1v) is 10.7. The quantitative estimate of drug-likeness (QED) is 0.372. The van der Waals surface area contributed by atoms with Gasteiger partial charge in [-0.2, -0.15) is 0 Å². The van der Waals surface area contributed by atoms with Crippen LogP contribution >= 0.6 is 0 Å². The van der Waals surface area contributed by atoms with Crippen LogP contribution in [0.1, 0.15) is 55.9 Å². The average Bonchev–Trinajstić information content (AvgIpc) is 3.29. The number of pyridine rings is 1. The van der Waals surface area contributed by atoms with E-state index in [2.05, 4.69) is 22.1 Å². The summed E-state index contributed by atoms with van der Waals surface area (Å²) in [7, 11) is 0. The zero-order valence-corrected chi connectivity index (χ0v) is 17.3. The summed E-state index contributed by atoms with van der Waals surface area (Å²) in [5, 5.41) is 9.33. The smallest absolute Gasteiger partial charge is 0.247 e. The minimum absolute atomic E-state index is 0.147. The van der Waals surface area contributed by atoms with E-state index in [1.54, 1.807) is 24.3 Å². The maximum absolute atomic E-state index is 13.8. The first kappa shape index (κ1) is 19.8. The molecule has 6 heteroatoms. The summed E-state index contributed by atoms with van der Waals surface area (Å²) >= 11 is 0. The van der Waals surface area contributed by atoms with Crippen molar-refractivity contribution in [3.05, 3.63) is 77.8 Å². The maximum Gasteiger partial charge on any atom is 0.247 e. The molecule has 1 aliphatic rings. The summed E-state index contributed by atoms with van der Waals surface area (Å²) in [5.74, 6) is 1.51. The second-order valence-corrected chi connectivity index (χ2v) is 8.41. The summed E-state index contributed by atoms with van der Waals surface area (Å²) in [6.45, 7) is 2.13. The highest BCUT2D eigenvalue weighted by Crippen LogP contribution is 2.43. The Morgan fingerprint density at radius 3 is 2.42 bits per heavy atom. The topological polar surface area (TPSA) is 51.8 Å². The first-order valence-electron chi connectivity index (χ1n) is 10.7. The van der Waals surface area contributed by atoms with Gasteiger partial charge in [0.25, 0.3) is 0 Å². The molecule has 0 unspecified atom stereocenters. The fourth-order valence-corrected chi connectivity index (χ4v) is 4.76. The van der Waals surface area contributed by atoms with Crippen molar-refractivity contribution in [2.75, 3.05) is 0 Å². The van der Waals surface area contributed by atoms with Crippen molar-refractivity contribution >= 4 is 10.9 Å². The molecule has 0 radical (unpaired) electrons. The average molecular weight is 419 g/mol. The zero-order chi connectivity index (χ0) is 21.4. The standard InChI is InChI=1S/C25H23F2N3O/c1-15(24-29-30-25(31-24)18-6-8-19(26)9-7-18)16-2-4-17(5-3-16)21-12-13-28-23-11-10-20(27)14-22(21)23/h6-17H,2-5H2,1H3/t15-,16?,17?/m1/s1. The number of benzene rings is 2. The Labute approximate surface area is 179 Å². The number of aromatic nitrogens is 3. The van der Waals surface area contributed by atoms with Gasteiger partial charge in [0.15, 0.2) is 0 Å². The van der Waals surface area contributed by atoms with Crippen LogP contribution in [0.4, 0.5) is 8.78 Å². The van der Waals surface area contributed by atoms with Crippen LogP contribution in [0.15, 0.2) is 59.1 Å². The molecule has 5 rings (SSSR count). The van der Waals surface area contributed by atoms with Crippen molar-refractivity contribution < 1.29 is 13.2 Å². The Kier molecular flexibility index (Phi) is 5.22. The van der Waals surface area contributed by atoms with Gasteiger partial charge in [0.1, 0.15) is 11.6 Å². The van der Waals surface area contributed by atoms with Gasteiger partial charge in [-0.3, -0.25) is 4.98 Å². The van der Waals surface area contributed by atoms with E-state index in [-0.39, 0.29) is 17.6 Å². The third-order valence-corrected chi connectivity index (χ3v) is 6.58. The highest BCUT2D eigenvalue weighted by molar-refractivity contribution is 5.82. The highest BCUT2D eigenvalue weighted by Gasteiger charge is 2.30. The van der Waals surface area contributed by atoms with Crippen LogP contribution in [0.5, 0.6) is 0 Å². The molecule has 4 nitrogen and oxygen atoms in total. The largest absolute Gasteiger partial charge is 0.420 e. The number of nitrogens with zero attached hydrogens (tertiary/aromatic N) is 3. The van der Waals surface area contributed by atoms with Gasteiger partial charge in [-0.05, 0) is 91.6 Å². The normalized spacial score (nSPS) is 20.1. The number of hydrogen-bond donors (Lipinski definition) is 0. The van der Waals surface area contributed by atoms with Crippen molar-refractivity contribution in [3.63, 3.8) is 0 Å². The van der Waals surface area contributed by atoms with Gasteiger partial charge in [-0.1, -0.05) is 6.92 Å². The predicted octanol–water partition coefficient (Wildman–Crippen LogP) is 6.64. The van der Waals surface area contributed by atoms with Gasteiger partial charge < -0.3 is 4.42 Å². The lowest BCUT2D eigenvalue weighted by Gasteiger charge is -2.31. The molecule has 2 aromatic heterocycles. The van der Waals surface area contributed by atoms with Crippen molar-refractivity contribution in [1.29, 1.82) is 0 Å². The number of hydrogen-bond acceptors (Lipinski definition) is 4. The molecule has 0 bridgehead atoms. The molecule has 2 aromatic carbocycles. The van der Waals surface area contributed by atoms with E-state index in [9.17, 15) is 8.78 Å². The molecule has 0 spiro atoms. The van der Waals surface area contributed by atoms with Gasteiger partial charge >= 0.3 is 0 Å². The van der Waals surface area contributed by atoms with Crippen LogP contribution in [0.3, 0.4) is 0 Å². The number of halogens is 2. The minimum atomic E-state index is -0.293. The van der Waals surface area contributed by atoms with E-state index in [0.29, 0.717) is 29.2 Å². The molecule has 158 valence electrons. The fraction of sp³-hybridized carbons (Fsp3) is 0.320. The van der Waals surface area contributed by atoms with Crippen LogP contribution < -0.4 is 0 Å². The Hall–Kier alpha value is -3.15. The minimum Gasteiger partial charge on any atom is -0.420 e. The zero-order valence-electron chi connectivity index (χ0n) is 17.3. The van der Waals surface area contributed by atoms with Crippen molar-refractivity contribution in [2.24, 2.45) is 5.92 Å². The maximum atomic E-state index is 13.8. The fourth-order valence-electron chi connectivity index (χ4n) is 4.76. The lowest BCUT2D eigenvalue weighted by molar-refractivity contribution is 0.266. The van der Waals surface area contributed by atoms with E-state index in [4.69, 9.17) is 4.42 Å². The summed E-state index contributed by atoms with van der Waals surface area (Å²) < 4.78 is 32.9. The predicted molar refractivity (Wildman–Crippen MR) is 115 cm³/mol. The molecule has 1 atom stereocenters. The van der Waals surface area contributed by atoms with Crippen LogP contribution in [0.2, 0.25) is 0 Å². The molecular formula is C25H23F2N3O. The Bertz CT molecular complexity index is 1200. The van der Waals surface area contributed by atoms with Gasteiger partial charge in [0, 0.05) is 23.1 Å². The molecule has 0 saturated heterocycles. The molecule has 0 aliphatic heterocycles.